The lowest BCUT2D eigenvalue weighted by atomic mass is 9.85. The number of nitrogens with two attached hydrogens (primary N) is 1. The van der Waals surface area contributed by atoms with E-state index in [1.54, 1.807) is 13.8 Å². The van der Waals surface area contributed by atoms with Crippen LogP contribution in [-0.2, 0) is 12.6 Å². The summed E-state index contributed by atoms with van der Waals surface area (Å²) in [5.41, 5.74) is 3.92. The number of hydrogen-bond donors (Lipinski definition) is 1. The normalized spacial score (nSPS) is 12.2. The number of nitrogens with zero attached hydrogens (tertiary/aromatic N) is 1. The van der Waals surface area contributed by atoms with Gasteiger partial charge in [-0.05, 0) is 38.0 Å². The van der Waals surface area contributed by atoms with Crippen LogP contribution >= 0.6 is 0 Å². The van der Waals surface area contributed by atoms with Crippen molar-refractivity contribution >= 4 is 5.69 Å². The average Bonchev–Trinajstić information content (AvgIpc) is 2.19. The molecule has 17 heavy (non-hydrogen) atoms. The molecule has 0 aliphatic heterocycles. The molecular formula is C12H13F3N2. The van der Waals surface area contributed by atoms with Gasteiger partial charge in [-0.15, -0.1) is 0 Å². The van der Waals surface area contributed by atoms with Gasteiger partial charge in [0.15, 0.2) is 0 Å². The molecule has 1 rings (SSSR count). The standard InChI is InChI=1S/C12H13F3N2/c1-11(2,7-16)6-8-3-4-9(17)5-10(8)12(13,14)15/h3-5H,6,17H2,1-2H3. The molecule has 2 N–H and O–H groups in total. The molecule has 1 aromatic carbocycles. The van der Waals surface area contributed by atoms with E-state index in [0.717, 1.165) is 6.07 Å². The third-order valence-electron chi connectivity index (χ3n) is 2.37. The lowest BCUT2D eigenvalue weighted by Gasteiger charge is -2.19. The zero-order valence-electron chi connectivity index (χ0n) is 9.60. The summed E-state index contributed by atoms with van der Waals surface area (Å²) < 4.78 is 38.3. The fraction of sp³-hybridized carbons (Fsp3) is 0.417. The summed E-state index contributed by atoms with van der Waals surface area (Å²) in [5, 5.41) is 8.85. The van der Waals surface area contributed by atoms with E-state index in [1.807, 2.05) is 6.07 Å². The van der Waals surface area contributed by atoms with Gasteiger partial charge in [-0.25, -0.2) is 0 Å². The highest BCUT2D eigenvalue weighted by atomic mass is 19.4. The zero-order chi connectivity index (χ0) is 13.3. The van der Waals surface area contributed by atoms with Crippen LogP contribution in [0.2, 0.25) is 0 Å². The molecule has 0 aromatic heterocycles. The molecule has 0 radical (unpaired) electrons. The molecular weight excluding hydrogens is 229 g/mol. The van der Waals surface area contributed by atoms with Crippen molar-refractivity contribution in [2.75, 3.05) is 5.73 Å². The van der Waals surface area contributed by atoms with Crippen molar-refractivity contribution in [3.63, 3.8) is 0 Å². The van der Waals surface area contributed by atoms with Gasteiger partial charge in [0, 0.05) is 5.69 Å². The first-order valence-electron chi connectivity index (χ1n) is 5.02. The van der Waals surface area contributed by atoms with Gasteiger partial charge in [-0.2, -0.15) is 18.4 Å². The van der Waals surface area contributed by atoms with Crippen LogP contribution < -0.4 is 5.73 Å². The van der Waals surface area contributed by atoms with E-state index in [0.29, 0.717) is 0 Å². The number of nitrogen functional groups attached to an aromatic ring is 1. The summed E-state index contributed by atoms with van der Waals surface area (Å²) in [4.78, 5) is 0. The molecule has 0 unspecified atom stereocenters. The molecule has 5 heteroatoms. The van der Waals surface area contributed by atoms with E-state index in [4.69, 9.17) is 11.0 Å². The molecule has 2 nitrogen and oxygen atoms in total. The van der Waals surface area contributed by atoms with Crippen LogP contribution in [0.4, 0.5) is 18.9 Å². The van der Waals surface area contributed by atoms with E-state index in [1.165, 1.54) is 12.1 Å². The average molecular weight is 242 g/mol. The molecule has 0 fully saturated rings. The number of halogens is 3. The third-order valence-corrected chi connectivity index (χ3v) is 2.37. The number of rotatable bonds is 2. The van der Waals surface area contributed by atoms with Crippen LogP contribution in [-0.4, -0.2) is 0 Å². The number of benzene rings is 1. The molecule has 0 aliphatic carbocycles. The fourth-order valence-electron chi connectivity index (χ4n) is 1.53. The van der Waals surface area contributed by atoms with Gasteiger partial charge in [0.1, 0.15) is 0 Å². The summed E-state index contributed by atoms with van der Waals surface area (Å²) in [6, 6.07) is 5.64. The second-order valence-corrected chi connectivity index (χ2v) is 4.59. The van der Waals surface area contributed by atoms with Crippen molar-refractivity contribution in [3.8, 4) is 6.07 Å². The van der Waals surface area contributed by atoms with Crippen molar-refractivity contribution in [3.05, 3.63) is 29.3 Å². The zero-order valence-corrected chi connectivity index (χ0v) is 9.60. The van der Waals surface area contributed by atoms with Gasteiger partial charge in [-0.3, -0.25) is 0 Å². The summed E-state index contributed by atoms with van der Waals surface area (Å²) >= 11 is 0. The summed E-state index contributed by atoms with van der Waals surface area (Å²) in [5.74, 6) is 0. The molecule has 0 amide bonds. The minimum absolute atomic E-state index is 0.0403. The molecule has 0 atom stereocenters. The smallest absolute Gasteiger partial charge is 0.399 e. The summed E-state index contributed by atoms with van der Waals surface area (Å²) in [6.45, 7) is 3.20. The number of alkyl halides is 3. The number of anilines is 1. The third kappa shape index (κ3) is 3.38. The second-order valence-electron chi connectivity index (χ2n) is 4.59. The first kappa shape index (κ1) is 13.4. The highest BCUT2D eigenvalue weighted by Gasteiger charge is 2.34. The number of nitriles is 1. The van der Waals surface area contributed by atoms with E-state index in [2.05, 4.69) is 0 Å². The van der Waals surface area contributed by atoms with Crippen LogP contribution in [0.25, 0.3) is 0 Å². The Morgan fingerprint density at radius 3 is 2.35 bits per heavy atom. The molecule has 92 valence electrons. The summed E-state index contributed by atoms with van der Waals surface area (Å²) in [6.07, 6.45) is -4.41. The molecule has 0 spiro atoms. The van der Waals surface area contributed by atoms with Crippen LogP contribution in [0, 0.1) is 16.7 Å². The van der Waals surface area contributed by atoms with Gasteiger partial charge in [0.25, 0.3) is 0 Å². The Kier molecular flexibility index (Phi) is 3.37. The second kappa shape index (κ2) is 4.28. The van der Waals surface area contributed by atoms with Crippen molar-refractivity contribution in [1.82, 2.24) is 0 Å². The van der Waals surface area contributed by atoms with E-state index >= 15 is 0 Å². The van der Waals surface area contributed by atoms with E-state index in [-0.39, 0.29) is 17.7 Å². The van der Waals surface area contributed by atoms with Gasteiger partial charge < -0.3 is 5.73 Å². The fourth-order valence-corrected chi connectivity index (χ4v) is 1.53. The quantitative estimate of drug-likeness (QED) is 0.808. The van der Waals surface area contributed by atoms with Crippen LogP contribution in [0.1, 0.15) is 25.0 Å². The van der Waals surface area contributed by atoms with E-state index < -0.39 is 17.2 Å². The monoisotopic (exact) mass is 242 g/mol. The minimum Gasteiger partial charge on any atom is -0.399 e. The first-order chi connectivity index (χ1) is 7.65. The molecule has 1 aromatic rings. The van der Waals surface area contributed by atoms with Crippen LogP contribution in [0.15, 0.2) is 18.2 Å². The maximum absolute atomic E-state index is 12.8. The predicted octanol–water partition coefficient (Wildman–Crippen LogP) is 3.38. The van der Waals surface area contributed by atoms with Gasteiger partial charge in [0.05, 0.1) is 17.0 Å². The van der Waals surface area contributed by atoms with Crippen LogP contribution in [0.3, 0.4) is 0 Å². The Bertz CT molecular complexity index is 456. The highest BCUT2D eigenvalue weighted by molar-refractivity contribution is 5.46. The molecule has 0 bridgehead atoms. The van der Waals surface area contributed by atoms with Crippen molar-refractivity contribution in [2.45, 2.75) is 26.4 Å². The largest absolute Gasteiger partial charge is 0.416 e. The van der Waals surface area contributed by atoms with Gasteiger partial charge in [-0.1, -0.05) is 6.07 Å². The molecule has 0 heterocycles. The topological polar surface area (TPSA) is 49.8 Å². The summed E-state index contributed by atoms with van der Waals surface area (Å²) in [7, 11) is 0. The maximum Gasteiger partial charge on any atom is 0.416 e. The maximum atomic E-state index is 12.8. The number of hydrogen-bond acceptors (Lipinski definition) is 2. The SMILES string of the molecule is CC(C)(C#N)Cc1ccc(N)cc1C(F)(F)F. The molecule has 0 saturated carbocycles. The van der Waals surface area contributed by atoms with Gasteiger partial charge in [0.2, 0.25) is 0 Å². The molecule has 0 aliphatic rings. The Balaban J connectivity index is 3.22. The first-order valence-corrected chi connectivity index (χ1v) is 5.02. The van der Waals surface area contributed by atoms with Crippen LogP contribution in [0.5, 0.6) is 0 Å². The van der Waals surface area contributed by atoms with Crippen molar-refractivity contribution in [1.29, 1.82) is 5.26 Å². The predicted molar refractivity (Wildman–Crippen MR) is 59.0 cm³/mol. The minimum atomic E-state index is -4.45. The lowest BCUT2D eigenvalue weighted by Crippen LogP contribution is -2.17. The van der Waals surface area contributed by atoms with Crippen molar-refractivity contribution in [2.24, 2.45) is 5.41 Å². The van der Waals surface area contributed by atoms with Crippen molar-refractivity contribution < 1.29 is 13.2 Å². The Labute approximate surface area is 97.9 Å². The molecule has 0 saturated heterocycles. The Hall–Kier alpha value is -1.70. The Morgan fingerprint density at radius 1 is 1.29 bits per heavy atom. The van der Waals surface area contributed by atoms with E-state index in [9.17, 15) is 13.2 Å². The Morgan fingerprint density at radius 2 is 1.88 bits per heavy atom. The highest BCUT2D eigenvalue weighted by Crippen LogP contribution is 2.35. The van der Waals surface area contributed by atoms with Gasteiger partial charge >= 0.3 is 6.18 Å². The lowest BCUT2D eigenvalue weighted by molar-refractivity contribution is -0.138.